The molecule has 0 aliphatic carbocycles. The Bertz CT molecular complexity index is 1240. The first-order valence-corrected chi connectivity index (χ1v) is 13.2. The summed E-state index contributed by atoms with van der Waals surface area (Å²) >= 11 is 0. The Morgan fingerprint density at radius 3 is 2.28 bits per heavy atom. The van der Waals surface area contributed by atoms with Crippen molar-refractivity contribution in [3.05, 3.63) is 76.6 Å². The van der Waals surface area contributed by atoms with Crippen LogP contribution in [-0.4, -0.2) is 55.7 Å². The third kappa shape index (κ3) is 9.72. The third-order valence-corrected chi connectivity index (χ3v) is 5.66. The zero-order chi connectivity index (χ0) is 29.5. The fourth-order valence-electron chi connectivity index (χ4n) is 3.75. The van der Waals surface area contributed by atoms with Gasteiger partial charge in [0.2, 0.25) is 5.95 Å². The largest absolute Gasteiger partial charge is 0.495 e. The van der Waals surface area contributed by atoms with Crippen LogP contribution < -0.4 is 15.8 Å². The summed E-state index contributed by atoms with van der Waals surface area (Å²) in [6.07, 6.45) is 4.93. The Labute approximate surface area is 234 Å². The number of rotatable bonds is 8. The molecule has 0 saturated carbocycles. The van der Waals surface area contributed by atoms with Crippen LogP contribution in [0, 0.1) is 13.8 Å². The van der Waals surface area contributed by atoms with E-state index in [-0.39, 0.29) is 5.97 Å². The second-order valence-electron chi connectivity index (χ2n) is 8.83. The fourth-order valence-corrected chi connectivity index (χ4v) is 3.75. The van der Waals surface area contributed by atoms with Crippen molar-refractivity contribution in [1.29, 1.82) is 0 Å². The van der Waals surface area contributed by atoms with Gasteiger partial charge in [-0.05, 0) is 94.9 Å². The normalized spacial score (nSPS) is 10.6. The molecule has 1 heterocycles. The van der Waals surface area contributed by atoms with Crippen LogP contribution in [0.4, 0.5) is 17.3 Å². The van der Waals surface area contributed by atoms with E-state index in [4.69, 9.17) is 15.2 Å². The first kappa shape index (κ1) is 33.1. The van der Waals surface area contributed by atoms with Gasteiger partial charge in [-0.25, -0.2) is 14.8 Å². The van der Waals surface area contributed by atoms with Gasteiger partial charge in [0.1, 0.15) is 5.75 Å². The summed E-state index contributed by atoms with van der Waals surface area (Å²) in [6.45, 7) is 13.2. The minimum atomic E-state index is -0.364. The van der Waals surface area contributed by atoms with Gasteiger partial charge in [0.15, 0.2) is 0 Å². The number of allylic oxidation sites excluding steroid dienone is 1. The van der Waals surface area contributed by atoms with E-state index in [1.807, 2.05) is 65.0 Å². The lowest BCUT2D eigenvalue weighted by molar-refractivity contribution is 0.0600. The number of nitrogens with one attached hydrogen (secondary N) is 1. The third-order valence-electron chi connectivity index (χ3n) is 5.66. The summed E-state index contributed by atoms with van der Waals surface area (Å²) in [5.74, 6) is 0.708. The molecule has 2 aromatic carbocycles. The summed E-state index contributed by atoms with van der Waals surface area (Å²) in [6, 6.07) is 11.0. The van der Waals surface area contributed by atoms with Crippen molar-refractivity contribution in [3.8, 4) is 5.75 Å². The van der Waals surface area contributed by atoms with Crippen molar-refractivity contribution in [2.24, 2.45) is 0 Å². The van der Waals surface area contributed by atoms with Gasteiger partial charge in [0, 0.05) is 17.5 Å². The number of nitrogens with zero attached hydrogens (tertiary/aromatic N) is 3. The van der Waals surface area contributed by atoms with Crippen molar-refractivity contribution in [1.82, 2.24) is 14.9 Å². The van der Waals surface area contributed by atoms with E-state index < -0.39 is 0 Å². The molecule has 8 nitrogen and oxygen atoms in total. The molecule has 0 aliphatic rings. The van der Waals surface area contributed by atoms with E-state index in [1.165, 1.54) is 20.1 Å². The molecule has 1 aromatic heterocycles. The zero-order valence-electron chi connectivity index (χ0n) is 25.2. The van der Waals surface area contributed by atoms with Crippen LogP contribution in [0.5, 0.6) is 5.75 Å². The highest BCUT2D eigenvalue weighted by molar-refractivity contribution is 5.91. The van der Waals surface area contributed by atoms with Crippen molar-refractivity contribution in [2.45, 2.75) is 48.0 Å². The quantitative estimate of drug-likeness (QED) is 0.244. The van der Waals surface area contributed by atoms with Gasteiger partial charge in [0.05, 0.1) is 31.2 Å². The SMILES string of the molecule is C/C=C(/c1ccnc(Nc2cc(N)c(C)cc2OC)n1)c1ccc(C(=O)OC)cc1C.CC.CCCN(C)C. The molecular weight excluding hydrogens is 490 g/mol. The molecule has 39 heavy (non-hydrogen) atoms. The first-order chi connectivity index (χ1) is 18.6. The molecule has 0 atom stereocenters. The highest BCUT2D eigenvalue weighted by Crippen LogP contribution is 2.32. The van der Waals surface area contributed by atoms with Crippen LogP contribution in [0.2, 0.25) is 0 Å². The number of aromatic nitrogens is 2. The molecule has 0 aliphatic heterocycles. The van der Waals surface area contributed by atoms with E-state index in [1.54, 1.807) is 25.4 Å². The second kappa shape index (κ2) is 16.8. The maximum atomic E-state index is 11.8. The molecule has 0 amide bonds. The van der Waals surface area contributed by atoms with Crippen molar-refractivity contribution >= 4 is 28.9 Å². The Morgan fingerprint density at radius 2 is 1.77 bits per heavy atom. The van der Waals surface area contributed by atoms with Crippen LogP contribution in [0.3, 0.4) is 0 Å². The van der Waals surface area contributed by atoms with Crippen molar-refractivity contribution < 1.29 is 14.3 Å². The Kier molecular flexibility index (Phi) is 14.3. The highest BCUT2D eigenvalue weighted by atomic mass is 16.5. The number of carbonyl (C=O) groups is 1. The van der Waals surface area contributed by atoms with E-state index in [0.717, 1.165) is 28.0 Å². The number of anilines is 3. The van der Waals surface area contributed by atoms with Gasteiger partial charge < -0.3 is 25.4 Å². The number of hydrogen-bond acceptors (Lipinski definition) is 8. The minimum Gasteiger partial charge on any atom is -0.495 e. The van der Waals surface area contributed by atoms with Crippen LogP contribution in [0.1, 0.15) is 66.9 Å². The van der Waals surface area contributed by atoms with Crippen LogP contribution in [-0.2, 0) is 4.74 Å². The number of carbonyl (C=O) groups excluding carboxylic acids is 1. The van der Waals surface area contributed by atoms with E-state index >= 15 is 0 Å². The lowest BCUT2D eigenvalue weighted by Crippen LogP contribution is -2.11. The number of nitrogens with two attached hydrogens (primary N) is 1. The number of aryl methyl sites for hydroxylation is 2. The predicted molar refractivity (Wildman–Crippen MR) is 163 cm³/mol. The topological polar surface area (TPSA) is 103 Å². The molecule has 212 valence electrons. The Hall–Kier alpha value is -3.91. The van der Waals surface area contributed by atoms with Gasteiger partial charge in [0.25, 0.3) is 0 Å². The summed E-state index contributed by atoms with van der Waals surface area (Å²) in [5, 5.41) is 3.19. The zero-order valence-corrected chi connectivity index (χ0v) is 25.2. The summed E-state index contributed by atoms with van der Waals surface area (Å²) in [7, 11) is 7.15. The molecule has 0 saturated heterocycles. The van der Waals surface area contributed by atoms with Crippen molar-refractivity contribution in [3.63, 3.8) is 0 Å². The lowest BCUT2D eigenvalue weighted by atomic mass is 9.96. The van der Waals surface area contributed by atoms with Gasteiger partial charge in [-0.15, -0.1) is 0 Å². The van der Waals surface area contributed by atoms with Crippen molar-refractivity contribution in [2.75, 3.05) is 45.9 Å². The highest BCUT2D eigenvalue weighted by Gasteiger charge is 2.14. The van der Waals surface area contributed by atoms with Gasteiger partial charge >= 0.3 is 5.97 Å². The maximum Gasteiger partial charge on any atom is 0.337 e. The summed E-state index contributed by atoms with van der Waals surface area (Å²) in [4.78, 5) is 23.0. The number of hydrogen-bond donors (Lipinski definition) is 2. The Morgan fingerprint density at radius 1 is 1.08 bits per heavy atom. The molecule has 0 unspecified atom stereocenters. The second-order valence-corrected chi connectivity index (χ2v) is 8.83. The number of esters is 1. The van der Waals surface area contributed by atoms with Crippen LogP contribution in [0.15, 0.2) is 48.7 Å². The molecule has 8 heteroatoms. The van der Waals surface area contributed by atoms with Gasteiger partial charge in [-0.1, -0.05) is 32.9 Å². The first-order valence-electron chi connectivity index (χ1n) is 13.2. The molecular formula is C31H45N5O3. The lowest BCUT2D eigenvalue weighted by Gasteiger charge is -2.14. The number of benzene rings is 2. The molecule has 3 N–H and O–H groups in total. The van der Waals surface area contributed by atoms with Gasteiger partial charge in [-0.3, -0.25) is 0 Å². The van der Waals surface area contributed by atoms with E-state index in [0.29, 0.717) is 28.6 Å². The molecule has 0 fully saturated rings. The van der Waals surface area contributed by atoms with E-state index in [2.05, 4.69) is 41.2 Å². The molecule has 3 rings (SSSR count). The minimum absolute atomic E-state index is 0.364. The smallest absolute Gasteiger partial charge is 0.337 e. The fraction of sp³-hybridized carbons (Fsp3) is 0.387. The summed E-state index contributed by atoms with van der Waals surface area (Å²) < 4.78 is 10.3. The summed E-state index contributed by atoms with van der Waals surface area (Å²) in [5.41, 5.74) is 12.4. The monoisotopic (exact) mass is 535 g/mol. The number of ether oxygens (including phenoxy) is 2. The van der Waals surface area contributed by atoms with Crippen LogP contribution >= 0.6 is 0 Å². The van der Waals surface area contributed by atoms with E-state index in [9.17, 15) is 4.79 Å². The molecule has 3 aromatic rings. The van der Waals surface area contributed by atoms with Gasteiger partial charge in [-0.2, -0.15) is 0 Å². The standard InChI is InChI=1S/C24H26N4O3.C5H13N.C2H6/c1-6-17(18-8-7-16(11-14(18)2)23(29)31-5)20-9-10-26-24(27-20)28-21-13-19(25)15(3)12-22(21)30-4;1-4-5-6(2)3;1-2/h6-13H,25H2,1-5H3,(H,26,27,28);4-5H2,1-3H3;1-2H3/b17-6+;;. The average molecular weight is 536 g/mol. The predicted octanol–water partition coefficient (Wildman–Crippen LogP) is 6.65. The number of methoxy groups -OCH3 is 2. The molecule has 0 spiro atoms. The Balaban J connectivity index is 0.000000839. The average Bonchev–Trinajstić information content (AvgIpc) is 2.93. The molecule has 0 bridgehead atoms. The van der Waals surface area contributed by atoms with Crippen LogP contribution in [0.25, 0.3) is 5.57 Å². The molecule has 0 radical (unpaired) electrons. The maximum absolute atomic E-state index is 11.8. The number of nitrogen functional groups attached to an aromatic ring is 1.